The van der Waals surface area contributed by atoms with Gasteiger partial charge in [0.05, 0.1) is 12.7 Å². The summed E-state index contributed by atoms with van der Waals surface area (Å²) < 4.78 is 42.2. The van der Waals surface area contributed by atoms with Gasteiger partial charge in [-0.3, -0.25) is 0 Å². The van der Waals surface area contributed by atoms with Gasteiger partial charge in [0.1, 0.15) is 5.75 Å². The zero-order valence-corrected chi connectivity index (χ0v) is 8.72. The Morgan fingerprint density at radius 3 is 2.13 bits per heavy atom. The number of benzene rings is 1. The van der Waals surface area contributed by atoms with Crippen LogP contribution in [0.3, 0.4) is 0 Å². The second kappa shape index (κ2) is 4.00. The lowest BCUT2D eigenvalue weighted by atomic mass is 10.1. The van der Waals surface area contributed by atoms with E-state index in [4.69, 9.17) is 4.74 Å². The first-order valence-electron chi connectivity index (χ1n) is 4.28. The van der Waals surface area contributed by atoms with Crippen LogP contribution in [0.2, 0.25) is 0 Å². The summed E-state index contributed by atoms with van der Waals surface area (Å²) in [6, 6.07) is 3.62. The fraction of sp³-hybridized carbons (Fsp3) is 0.400. The van der Waals surface area contributed by atoms with Gasteiger partial charge in [-0.25, -0.2) is 0 Å². The lowest BCUT2D eigenvalue weighted by Crippen LogP contribution is -2.12. The maximum absolute atomic E-state index is 12.5. The molecule has 0 amide bonds. The first-order valence-corrected chi connectivity index (χ1v) is 4.28. The van der Waals surface area contributed by atoms with E-state index in [1.165, 1.54) is 7.11 Å². The van der Waals surface area contributed by atoms with E-state index in [0.717, 1.165) is 12.1 Å². The predicted octanol–water partition coefficient (Wildman–Crippen LogP) is 2.78. The van der Waals surface area contributed by atoms with Crippen LogP contribution < -0.4 is 9.64 Å². The van der Waals surface area contributed by atoms with Crippen molar-refractivity contribution in [3.63, 3.8) is 0 Å². The van der Waals surface area contributed by atoms with Crippen LogP contribution in [-0.4, -0.2) is 21.2 Å². The Hall–Kier alpha value is -1.39. The average molecular weight is 219 g/mol. The Balaban J connectivity index is 3.23. The highest BCUT2D eigenvalue weighted by Crippen LogP contribution is 2.34. The van der Waals surface area contributed by atoms with Crippen LogP contribution in [0.4, 0.5) is 18.9 Å². The molecule has 0 aliphatic rings. The molecule has 0 heterocycles. The van der Waals surface area contributed by atoms with E-state index >= 15 is 0 Å². The Labute approximate surface area is 86.3 Å². The fourth-order valence-electron chi connectivity index (χ4n) is 1.12. The van der Waals surface area contributed by atoms with E-state index in [1.807, 2.05) is 0 Å². The smallest absolute Gasteiger partial charge is 0.416 e. The van der Waals surface area contributed by atoms with Crippen molar-refractivity contribution >= 4 is 5.69 Å². The Morgan fingerprint density at radius 1 is 1.13 bits per heavy atom. The van der Waals surface area contributed by atoms with E-state index in [2.05, 4.69) is 0 Å². The summed E-state index contributed by atoms with van der Waals surface area (Å²) in [4.78, 5) is 1.60. The third-order valence-corrected chi connectivity index (χ3v) is 1.97. The van der Waals surface area contributed by atoms with Crippen molar-refractivity contribution < 1.29 is 17.9 Å². The summed E-state index contributed by atoms with van der Waals surface area (Å²) in [7, 11) is 4.69. The molecule has 1 aromatic carbocycles. The normalized spacial score (nSPS) is 11.3. The highest BCUT2D eigenvalue weighted by atomic mass is 19.4. The molecule has 0 aliphatic carbocycles. The molecule has 0 spiro atoms. The van der Waals surface area contributed by atoms with Crippen molar-refractivity contribution in [2.75, 3.05) is 26.1 Å². The van der Waals surface area contributed by atoms with Gasteiger partial charge in [-0.1, -0.05) is 0 Å². The van der Waals surface area contributed by atoms with Crippen molar-refractivity contribution in [1.29, 1.82) is 0 Å². The number of hydrogen-bond acceptors (Lipinski definition) is 2. The second-order valence-electron chi connectivity index (χ2n) is 3.31. The van der Waals surface area contributed by atoms with Crippen LogP contribution in [0.5, 0.6) is 5.75 Å². The van der Waals surface area contributed by atoms with Gasteiger partial charge in [-0.2, -0.15) is 13.2 Å². The number of methoxy groups -OCH3 is 1. The number of anilines is 1. The molecule has 1 rings (SSSR count). The lowest BCUT2D eigenvalue weighted by molar-refractivity contribution is -0.137. The van der Waals surface area contributed by atoms with E-state index in [0.29, 0.717) is 5.69 Å². The second-order valence-corrected chi connectivity index (χ2v) is 3.31. The number of alkyl halides is 3. The summed E-state index contributed by atoms with van der Waals surface area (Å²) in [6.07, 6.45) is -4.35. The minimum atomic E-state index is -4.35. The SMILES string of the molecule is COc1cc(N(C)C)cc(C(F)(F)F)c1. The standard InChI is InChI=1S/C10H12F3NO/c1-14(2)8-4-7(10(11,12)13)5-9(6-8)15-3/h4-6H,1-3H3. The summed E-state index contributed by atoms with van der Waals surface area (Å²) in [5, 5.41) is 0. The largest absolute Gasteiger partial charge is 0.497 e. The molecule has 0 aromatic heterocycles. The third kappa shape index (κ3) is 2.78. The van der Waals surface area contributed by atoms with Gasteiger partial charge in [0.15, 0.2) is 0 Å². The van der Waals surface area contributed by atoms with Crippen LogP contribution in [0.15, 0.2) is 18.2 Å². The lowest BCUT2D eigenvalue weighted by Gasteiger charge is -2.16. The van der Waals surface area contributed by atoms with Crippen molar-refractivity contribution in [3.8, 4) is 5.75 Å². The van der Waals surface area contributed by atoms with E-state index < -0.39 is 11.7 Å². The van der Waals surface area contributed by atoms with Gasteiger partial charge in [0, 0.05) is 25.8 Å². The molecular formula is C10H12F3NO. The summed E-state index contributed by atoms with van der Waals surface area (Å²) in [5.74, 6) is 0.202. The molecule has 0 radical (unpaired) electrons. The van der Waals surface area contributed by atoms with Gasteiger partial charge in [-0.05, 0) is 12.1 Å². The van der Waals surface area contributed by atoms with Gasteiger partial charge >= 0.3 is 6.18 Å². The molecular weight excluding hydrogens is 207 g/mol. The molecule has 0 saturated carbocycles. The summed E-state index contributed by atoms with van der Waals surface area (Å²) in [5.41, 5.74) is -0.243. The predicted molar refractivity (Wildman–Crippen MR) is 52.3 cm³/mol. The third-order valence-electron chi connectivity index (χ3n) is 1.97. The van der Waals surface area contributed by atoms with Crippen molar-refractivity contribution in [2.24, 2.45) is 0 Å². The average Bonchev–Trinajstić information content (AvgIpc) is 2.15. The van der Waals surface area contributed by atoms with Gasteiger partial charge in [-0.15, -0.1) is 0 Å². The van der Waals surface area contributed by atoms with Crippen LogP contribution in [0.25, 0.3) is 0 Å². The highest BCUT2D eigenvalue weighted by Gasteiger charge is 2.31. The topological polar surface area (TPSA) is 12.5 Å². The highest BCUT2D eigenvalue weighted by molar-refractivity contribution is 5.53. The molecule has 5 heteroatoms. The molecule has 2 nitrogen and oxygen atoms in total. The van der Waals surface area contributed by atoms with Crippen LogP contribution in [0, 0.1) is 0 Å². The molecule has 0 unspecified atom stereocenters. The van der Waals surface area contributed by atoms with Crippen LogP contribution >= 0.6 is 0 Å². The van der Waals surface area contributed by atoms with Crippen LogP contribution in [-0.2, 0) is 6.18 Å². The molecule has 0 aliphatic heterocycles. The molecule has 15 heavy (non-hydrogen) atoms. The maximum atomic E-state index is 12.5. The number of rotatable bonds is 2. The van der Waals surface area contributed by atoms with Crippen molar-refractivity contribution in [2.45, 2.75) is 6.18 Å². The van der Waals surface area contributed by atoms with Crippen molar-refractivity contribution in [1.82, 2.24) is 0 Å². The molecule has 84 valence electrons. The number of nitrogens with zero attached hydrogens (tertiary/aromatic N) is 1. The summed E-state index contributed by atoms with van der Waals surface area (Å²) >= 11 is 0. The first-order chi connectivity index (χ1) is 6.84. The van der Waals surface area contributed by atoms with E-state index in [1.54, 1.807) is 25.1 Å². The number of ether oxygens (including phenoxy) is 1. The fourth-order valence-corrected chi connectivity index (χ4v) is 1.12. The number of halogens is 3. The Morgan fingerprint density at radius 2 is 1.73 bits per heavy atom. The summed E-state index contributed by atoms with van der Waals surface area (Å²) in [6.45, 7) is 0. The molecule has 0 atom stereocenters. The number of hydrogen-bond donors (Lipinski definition) is 0. The van der Waals surface area contributed by atoms with Gasteiger partial charge in [0.2, 0.25) is 0 Å². The zero-order chi connectivity index (χ0) is 11.6. The quantitative estimate of drug-likeness (QED) is 0.758. The van der Waals surface area contributed by atoms with Crippen molar-refractivity contribution in [3.05, 3.63) is 23.8 Å². The Kier molecular flexibility index (Phi) is 3.12. The molecule has 0 fully saturated rings. The molecule has 1 aromatic rings. The zero-order valence-electron chi connectivity index (χ0n) is 8.72. The van der Waals surface area contributed by atoms with Gasteiger partial charge in [0.25, 0.3) is 0 Å². The Bertz CT molecular complexity index is 347. The maximum Gasteiger partial charge on any atom is 0.416 e. The molecule has 0 saturated heterocycles. The first kappa shape index (κ1) is 11.7. The van der Waals surface area contributed by atoms with E-state index in [-0.39, 0.29) is 5.75 Å². The minimum absolute atomic E-state index is 0.202. The minimum Gasteiger partial charge on any atom is -0.497 e. The monoisotopic (exact) mass is 219 g/mol. The van der Waals surface area contributed by atoms with Crippen LogP contribution in [0.1, 0.15) is 5.56 Å². The van der Waals surface area contributed by atoms with E-state index in [9.17, 15) is 13.2 Å². The molecule has 0 N–H and O–H groups in total. The van der Waals surface area contributed by atoms with Gasteiger partial charge < -0.3 is 9.64 Å². The molecule has 0 bridgehead atoms.